The number of rotatable bonds is 6. The maximum Gasteiger partial charge on any atom is 0.320 e. The highest BCUT2D eigenvalue weighted by atomic mass is 16.3. The summed E-state index contributed by atoms with van der Waals surface area (Å²) in [5.74, 6) is -0.166. The van der Waals surface area contributed by atoms with Crippen LogP contribution >= 0.6 is 0 Å². The highest BCUT2D eigenvalue weighted by Crippen LogP contribution is 2.29. The van der Waals surface area contributed by atoms with E-state index in [0.717, 1.165) is 0 Å². The second kappa shape index (κ2) is 9.18. The Morgan fingerprint density at radius 2 is 1.86 bits per heavy atom. The Morgan fingerprint density at radius 3 is 2.59 bits per heavy atom. The number of phenolic OH excluding ortho intramolecular Hbond substituents is 1. The minimum atomic E-state index is -0.423. The van der Waals surface area contributed by atoms with E-state index in [0.29, 0.717) is 23.6 Å². The third-order valence-electron chi connectivity index (χ3n) is 3.82. The largest absolute Gasteiger partial charge is 0.506 e. The number of carbonyl (C=O) groups is 2. The molecule has 0 bridgehead atoms. The Morgan fingerprint density at radius 1 is 1.03 bits per heavy atom. The zero-order chi connectivity index (χ0) is 20.6. The molecule has 5 N–H and O–H groups in total. The van der Waals surface area contributed by atoms with Crippen LogP contribution in [0.2, 0.25) is 0 Å². The molecule has 9 nitrogen and oxygen atoms in total. The van der Waals surface area contributed by atoms with E-state index in [2.05, 4.69) is 31.2 Å². The van der Waals surface area contributed by atoms with Crippen molar-refractivity contribution in [2.75, 3.05) is 22.5 Å². The van der Waals surface area contributed by atoms with Gasteiger partial charge in [0.25, 0.3) is 5.91 Å². The molecule has 0 aliphatic carbocycles. The molecule has 2 heterocycles. The van der Waals surface area contributed by atoms with Crippen LogP contribution in [0, 0.1) is 0 Å². The predicted octanol–water partition coefficient (Wildman–Crippen LogP) is 3.32. The standard InChI is InChI=1S/C20H20N6O3/c1-2-22-20(29)26-18-10-16(25-15-7-3-4-8-17(15)27)14(12-23-18)19(28)24-13-6-5-9-21-11-13/h3-12,27H,2H2,1H3,(H,24,28)(H3,22,23,25,26,29). The molecule has 3 aromatic rings. The maximum atomic E-state index is 12.8. The molecule has 3 amide bonds. The van der Waals surface area contributed by atoms with Crippen LogP contribution in [0.3, 0.4) is 0 Å². The monoisotopic (exact) mass is 392 g/mol. The second-order valence-electron chi connectivity index (χ2n) is 5.94. The van der Waals surface area contributed by atoms with Crippen LogP contribution < -0.4 is 21.3 Å². The molecule has 148 valence electrons. The molecule has 0 atom stereocenters. The summed E-state index contributed by atoms with van der Waals surface area (Å²) in [7, 11) is 0. The van der Waals surface area contributed by atoms with E-state index in [-0.39, 0.29) is 17.1 Å². The fraction of sp³-hybridized carbons (Fsp3) is 0.100. The Balaban J connectivity index is 1.92. The molecule has 3 rings (SSSR count). The summed E-state index contributed by atoms with van der Waals surface area (Å²) in [5, 5.41) is 21.0. The maximum absolute atomic E-state index is 12.8. The highest BCUT2D eigenvalue weighted by Gasteiger charge is 2.16. The zero-order valence-electron chi connectivity index (χ0n) is 15.6. The lowest BCUT2D eigenvalue weighted by Crippen LogP contribution is -2.28. The van der Waals surface area contributed by atoms with Crippen LogP contribution in [0.25, 0.3) is 0 Å². The SMILES string of the molecule is CCNC(=O)Nc1cc(Nc2ccccc2O)c(C(=O)Nc2cccnc2)cn1. The van der Waals surface area contributed by atoms with Gasteiger partial charge in [-0.3, -0.25) is 15.1 Å². The first-order valence-corrected chi connectivity index (χ1v) is 8.88. The Hall–Kier alpha value is -4.14. The fourth-order valence-corrected chi connectivity index (χ4v) is 2.49. The van der Waals surface area contributed by atoms with Gasteiger partial charge in [-0.15, -0.1) is 0 Å². The van der Waals surface area contributed by atoms with Gasteiger partial charge in [0.2, 0.25) is 0 Å². The Bertz CT molecular complexity index is 1010. The number of para-hydroxylation sites is 2. The lowest BCUT2D eigenvalue weighted by atomic mass is 10.2. The Kier molecular flexibility index (Phi) is 6.21. The summed E-state index contributed by atoms with van der Waals surface area (Å²) in [6, 6.07) is 11.1. The first-order chi connectivity index (χ1) is 14.1. The summed E-state index contributed by atoms with van der Waals surface area (Å²) in [6.07, 6.45) is 4.46. The van der Waals surface area contributed by atoms with Crippen molar-refractivity contribution >= 4 is 34.8 Å². The van der Waals surface area contributed by atoms with Crippen LogP contribution in [0.1, 0.15) is 17.3 Å². The lowest BCUT2D eigenvalue weighted by Gasteiger charge is -2.15. The van der Waals surface area contributed by atoms with Crippen molar-refractivity contribution in [2.45, 2.75) is 6.92 Å². The minimum Gasteiger partial charge on any atom is -0.506 e. The number of aromatic hydroxyl groups is 1. The van der Waals surface area contributed by atoms with E-state index in [1.54, 1.807) is 43.5 Å². The third kappa shape index (κ3) is 5.19. The number of phenols is 1. The molecule has 0 fully saturated rings. The van der Waals surface area contributed by atoms with Crippen molar-refractivity contribution < 1.29 is 14.7 Å². The molecular formula is C20H20N6O3. The lowest BCUT2D eigenvalue weighted by molar-refractivity contribution is 0.102. The molecule has 2 aromatic heterocycles. The molecule has 1 aromatic carbocycles. The number of hydrogen-bond acceptors (Lipinski definition) is 6. The number of pyridine rings is 2. The third-order valence-corrected chi connectivity index (χ3v) is 3.82. The van der Waals surface area contributed by atoms with Gasteiger partial charge in [0.1, 0.15) is 11.6 Å². The molecule has 0 aliphatic heterocycles. The average Bonchev–Trinajstić information content (AvgIpc) is 2.71. The first kappa shape index (κ1) is 19.6. The molecule has 29 heavy (non-hydrogen) atoms. The number of aromatic nitrogens is 2. The number of nitrogens with one attached hydrogen (secondary N) is 4. The van der Waals surface area contributed by atoms with E-state index in [1.165, 1.54) is 24.5 Å². The van der Waals surface area contributed by atoms with Crippen molar-refractivity contribution in [1.82, 2.24) is 15.3 Å². The van der Waals surface area contributed by atoms with E-state index >= 15 is 0 Å². The van der Waals surface area contributed by atoms with Gasteiger partial charge in [0.05, 0.1) is 28.8 Å². The molecule has 0 radical (unpaired) electrons. The van der Waals surface area contributed by atoms with Crippen molar-refractivity contribution in [3.63, 3.8) is 0 Å². The van der Waals surface area contributed by atoms with Crippen molar-refractivity contribution in [2.24, 2.45) is 0 Å². The Labute approximate surface area is 167 Å². The summed E-state index contributed by atoms with van der Waals surface area (Å²) in [4.78, 5) is 32.7. The number of carbonyl (C=O) groups excluding carboxylic acids is 2. The summed E-state index contributed by atoms with van der Waals surface area (Å²) in [6.45, 7) is 2.25. The van der Waals surface area contributed by atoms with E-state index in [4.69, 9.17) is 0 Å². The zero-order valence-corrected chi connectivity index (χ0v) is 15.6. The van der Waals surface area contributed by atoms with Gasteiger partial charge in [-0.1, -0.05) is 12.1 Å². The van der Waals surface area contributed by atoms with Crippen molar-refractivity contribution in [3.8, 4) is 5.75 Å². The minimum absolute atomic E-state index is 0.0150. The van der Waals surface area contributed by atoms with Crippen LogP contribution in [-0.2, 0) is 0 Å². The summed E-state index contributed by atoms with van der Waals surface area (Å²) < 4.78 is 0. The first-order valence-electron chi connectivity index (χ1n) is 8.88. The van der Waals surface area contributed by atoms with Crippen molar-refractivity contribution in [3.05, 3.63) is 66.6 Å². The van der Waals surface area contributed by atoms with Gasteiger partial charge in [-0.2, -0.15) is 0 Å². The molecule has 0 spiro atoms. The average molecular weight is 392 g/mol. The number of hydrogen-bond donors (Lipinski definition) is 5. The smallest absolute Gasteiger partial charge is 0.320 e. The fourth-order valence-electron chi connectivity index (χ4n) is 2.49. The summed E-state index contributed by atoms with van der Waals surface area (Å²) in [5.41, 5.74) is 1.50. The molecular weight excluding hydrogens is 372 g/mol. The molecule has 9 heteroatoms. The molecule has 0 saturated heterocycles. The molecule has 0 saturated carbocycles. The molecule has 0 unspecified atom stereocenters. The quantitative estimate of drug-likeness (QED) is 0.409. The van der Waals surface area contributed by atoms with Gasteiger partial charge < -0.3 is 21.1 Å². The highest BCUT2D eigenvalue weighted by molar-refractivity contribution is 6.08. The number of nitrogens with zero attached hydrogens (tertiary/aromatic N) is 2. The van der Waals surface area contributed by atoms with Crippen LogP contribution in [0.5, 0.6) is 5.75 Å². The van der Waals surface area contributed by atoms with Crippen LogP contribution in [0.4, 0.5) is 27.7 Å². The van der Waals surface area contributed by atoms with Gasteiger partial charge >= 0.3 is 6.03 Å². The number of anilines is 4. The topological polar surface area (TPSA) is 128 Å². The second-order valence-corrected chi connectivity index (χ2v) is 5.94. The number of amides is 3. The summed E-state index contributed by atoms with van der Waals surface area (Å²) >= 11 is 0. The van der Waals surface area contributed by atoms with E-state index < -0.39 is 11.9 Å². The van der Waals surface area contributed by atoms with Gasteiger partial charge in [0, 0.05) is 25.0 Å². The molecule has 0 aliphatic rings. The number of urea groups is 1. The number of benzene rings is 1. The van der Waals surface area contributed by atoms with E-state index in [1.807, 2.05) is 0 Å². The van der Waals surface area contributed by atoms with Gasteiger partial charge in [-0.05, 0) is 31.2 Å². The van der Waals surface area contributed by atoms with Crippen LogP contribution in [-0.4, -0.2) is 33.6 Å². The predicted molar refractivity (Wildman–Crippen MR) is 111 cm³/mol. The van der Waals surface area contributed by atoms with Crippen molar-refractivity contribution in [1.29, 1.82) is 0 Å². The van der Waals surface area contributed by atoms with E-state index in [9.17, 15) is 14.7 Å². The normalized spacial score (nSPS) is 10.1. The van der Waals surface area contributed by atoms with Gasteiger partial charge in [-0.25, -0.2) is 9.78 Å². The van der Waals surface area contributed by atoms with Crippen LogP contribution in [0.15, 0.2) is 61.1 Å². The van der Waals surface area contributed by atoms with Gasteiger partial charge in [0.15, 0.2) is 0 Å².